The predicted molar refractivity (Wildman–Crippen MR) is 104 cm³/mol. The highest BCUT2D eigenvalue weighted by molar-refractivity contribution is 6.30. The van der Waals surface area contributed by atoms with Crippen LogP contribution in [0.3, 0.4) is 0 Å². The molecule has 0 N–H and O–H groups in total. The van der Waals surface area contributed by atoms with Crippen LogP contribution in [0.15, 0.2) is 83.7 Å². The van der Waals surface area contributed by atoms with Crippen molar-refractivity contribution in [2.45, 2.75) is 6.92 Å². The molecule has 128 valence electrons. The number of benzene rings is 3. The van der Waals surface area contributed by atoms with Crippen molar-refractivity contribution in [3.63, 3.8) is 0 Å². The number of hydrogen-bond donors (Lipinski definition) is 0. The van der Waals surface area contributed by atoms with Crippen LogP contribution < -0.4 is 5.69 Å². The monoisotopic (exact) mass is 361 g/mol. The van der Waals surface area contributed by atoms with Gasteiger partial charge >= 0.3 is 5.69 Å². The second kappa shape index (κ2) is 6.65. The summed E-state index contributed by atoms with van der Waals surface area (Å²) in [6.45, 7) is 2.01. The minimum Gasteiger partial charge on any atom is -0.245 e. The van der Waals surface area contributed by atoms with Gasteiger partial charge in [0.2, 0.25) is 0 Å². The Balaban J connectivity index is 1.97. The van der Waals surface area contributed by atoms with Crippen LogP contribution in [0.25, 0.3) is 22.8 Å². The third-order valence-corrected chi connectivity index (χ3v) is 4.43. The van der Waals surface area contributed by atoms with Crippen LogP contribution in [0, 0.1) is 6.92 Å². The molecule has 0 unspecified atom stereocenters. The molecule has 0 saturated carbocycles. The molecule has 0 aliphatic rings. The fourth-order valence-corrected chi connectivity index (χ4v) is 2.94. The van der Waals surface area contributed by atoms with E-state index in [4.69, 9.17) is 11.6 Å². The molecule has 0 radical (unpaired) electrons. The Labute approximate surface area is 155 Å². The number of halogens is 1. The first-order chi connectivity index (χ1) is 12.6. The molecule has 0 aliphatic carbocycles. The van der Waals surface area contributed by atoms with Crippen molar-refractivity contribution >= 4 is 11.6 Å². The normalized spacial score (nSPS) is 10.8. The van der Waals surface area contributed by atoms with E-state index in [-0.39, 0.29) is 5.69 Å². The Hall–Kier alpha value is -3.11. The number of hydrogen-bond acceptors (Lipinski definition) is 2. The second-order valence-electron chi connectivity index (χ2n) is 6.03. The standard InChI is InChI=1S/C21H16ClN3O/c1-15-7-13-19(14-8-15)25-21(26)24(18-5-3-2-4-6-18)20(23-25)16-9-11-17(22)12-10-16/h2-14H,1H3. The van der Waals surface area contributed by atoms with Gasteiger partial charge in [-0.25, -0.2) is 9.36 Å². The zero-order chi connectivity index (χ0) is 18.1. The van der Waals surface area contributed by atoms with Crippen LogP contribution in [-0.4, -0.2) is 14.3 Å². The Bertz CT molecular complexity index is 1090. The van der Waals surface area contributed by atoms with Crippen molar-refractivity contribution in [1.29, 1.82) is 0 Å². The van der Waals surface area contributed by atoms with E-state index in [2.05, 4.69) is 5.10 Å². The minimum atomic E-state index is -0.218. The van der Waals surface area contributed by atoms with Gasteiger partial charge in [-0.2, -0.15) is 4.68 Å². The first kappa shape index (κ1) is 16.4. The van der Waals surface area contributed by atoms with Gasteiger partial charge in [0.25, 0.3) is 0 Å². The summed E-state index contributed by atoms with van der Waals surface area (Å²) in [4.78, 5) is 13.2. The molecule has 0 bridgehead atoms. The average Bonchev–Trinajstić information content (AvgIpc) is 3.01. The highest BCUT2D eigenvalue weighted by Gasteiger charge is 2.17. The highest BCUT2D eigenvalue weighted by atomic mass is 35.5. The van der Waals surface area contributed by atoms with Crippen LogP contribution >= 0.6 is 11.6 Å². The van der Waals surface area contributed by atoms with Gasteiger partial charge in [0.15, 0.2) is 5.82 Å². The van der Waals surface area contributed by atoms with E-state index in [1.54, 1.807) is 16.7 Å². The number of aromatic nitrogens is 3. The van der Waals surface area contributed by atoms with Gasteiger partial charge in [-0.05, 0) is 55.5 Å². The Morgan fingerprint density at radius 2 is 1.46 bits per heavy atom. The van der Waals surface area contributed by atoms with Crippen LogP contribution in [0.4, 0.5) is 0 Å². The summed E-state index contributed by atoms with van der Waals surface area (Å²) in [5, 5.41) is 5.25. The second-order valence-corrected chi connectivity index (χ2v) is 6.47. The van der Waals surface area contributed by atoms with Crippen molar-refractivity contribution in [2.24, 2.45) is 0 Å². The molecule has 0 atom stereocenters. The average molecular weight is 362 g/mol. The van der Waals surface area contributed by atoms with Crippen molar-refractivity contribution in [3.05, 3.63) is 99.9 Å². The van der Waals surface area contributed by atoms with Gasteiger partial charge in [-0.15, -0.1) is 5.10 Å². The van der Waals surface area contributed by atoms with E-state index in [1.807, 2.05) is 73.7 Å². The van der Waals surface area contributed by atoms with E-state index in [1.165, 1.54) is 4.68 Å². The van der Waals surface area contributed by atoms with E-state index in [0.29, 0.717) is 10.8 Å². The van der Waals surface area contributed by atoms with Crippen molar-refractivity contribution in [1.82, 2.24) is 14.3 Å². The van der Waals surface area contributed by atoms with E-state index in [0.717, 1.165) is 22.5 Å². The van der Waals surface area contributed by atoms with Crippen molar-refractivity contribution in [3.8, 4) is 22.8 Å². The SMILES string of the molecule is Cc1ccc(-n2nc(-c3ccc(Cl)cc3)n(-c3ccccc3)c2=O)cc1. The van der Waals surface area contributed by atoms with Gasteiger partial charge in [-0.3, -0.25) is 0 Å². The first-order valence-corrected chi connectivity index (χ1v) is 8.62. The van der Waals surface area contributed by atoms with E-state index >= 15 is 0 Å². The van der Waals surface area contributed by atoms with Crippen molar-refractivity contribution in [2.75, 3.05) is 0 Å². The molecule has 0 saturated heterocycles. The molecule has 4 aromatic rings. The molecule has 0 amide bonds. The molecule has 4 nitrogen and oxygen atoms in total. The van der Waals surface area contributed by atoms with Crippen LogP contribution in [0.2, 0.25) is 5.02 Å². The zero-order valence-corrected chi connectivity index (χ0v) is 14.9. The molecule has 4 rings (SSSR count). The Morgan fingerprint density at radius 3 is 2.12 bits per heavy atom. The molecule has 1 aromatic heterocycles. The van der Waals surface area contributed by atoms with Gasteiger partial charge in [0, 0.05) is 10.6 Å². The largest absolute Gasteiger partial charge is 0.355 e. The molecule has 26 heavy (non-hydrogen) atoms. The maximum atomic E-state index is 13.2. The third kappa shape index (κ3) is 2.95. The lowest BCUT2D eigenvalue weighted by Crippen LogP contribution is -2.22. The lowest BCUT2D eigenvalue weighted by molar-refractivity contribution is 0.829. The summed E-state index contributed by atoms with van der Waals surface area (Å²) >= 11 is 6.01. The summed E-state index contributed by atoms with van der Waals surface area (Å²) in [6.07, 6.45) is 0. The molecular formula is C21H16ClN3O. The fraction of sp³-hybridized carbons (Fsp3) is 0.0476. The number of aryl methyl sites for hydroxylation is 1. The first-order valence-electron chi connectivity index (χ1n) is 8.24. The van der Waals surface area contributed by atoms with Crippen LogP contribution in [0.5, 0.6) is 0 Å². The number of para-hydroxylation sites is 1. The maximum Gasteiger partial charge on any atom is 0.355 e. The highest BCUT2D eigenvalue weighted by Crippen LogP contribution is 2.22. The van der Waals surface area contributed by atoms with Gasteiger partial charge in [0.1, 0.15) is 0 Å². The summed E-state index contributed by atoms with van der Waals surface area (Å²) in [7, 11) is 0. The molecule has 0 spiro atoms. The lowest BCUT2D eigenvalue weighted by atomic mass is 10.2. The zero-order valence-electron chi connectivity index (χ0n) is 14.1. The summed E-state index contributed by atoms with van der Waals surface area (Å²) < 4.78 is 3.04. The number of nitrogens with zero attached hydrogens (tertiary/aromatic N) is 3. The van der Waals surface area contributed by atoms with Gasteiger partial charge in [0.05, 0.1) is 11.4 Å². The van der Waals surface area contributed by atoms with Crippen LogP contribution in [-0.2, 0) is 0 Å². The molecule has 5 heteroatoms. The lowest BCUT2D eigenvalue weighted by Gasteiger charge is -2.05. The Kier molecular flexibility index (Phi) is 4.19. The van der Waals surface area contributed by atoms with E-state index in [9.17, 15) is 4.79 Å². The van der Waals surface area contributed by atoms with Crippen LogP contribution in [0.1, 0.15) is 5.56 Å². The summed E-state index contributed by atoms with van der Waals surface area (Å²) in [6, 6.07) is 24.5. The molecule has 0 aliphatic heterocycles. The molecule has 0 fully saturated rings. The fourth-order valence-electron chi connectivity index (χ4n) is 2.82. The van der Waals surface area contributed by atoms with Gasteiger partial charge in [-0.1, -0.05) is 47.5 Å². The Morgan fingerprint density at radius 1 is 0.808 bits per heavy atom. The summed E-state index contributed by atoms with van der Waals surface area (Å²) in [5.41, 5.74) is 3.22. The predicted octanol–water partition coefficient (Wildman–Crippen LogP) is 4.65. The van der Waals surface area contributed by atoms with E-state index < -0.39 is 0 Å². The maximum absolute atomic E-state index is 13.2. The number of rotatable bonds is 3. The smallest absolute Gasteiger partial charge is 0.245 e. The van der Waals surface area contributed by atoms with Gasteiger partial charge < -0.3 is 0 Å². The minimum absolute atomic E-state index is 0.218. The van der Waals surface area contributed by atoms with Crippen molar-refractivity contribution < 1.29 is 0 Å². The quantitative estimate of drug-likeness (QED) is 0.532. The molecule has 1 heterocycles. The molecule has 3 aromatic carbocycles. The molecular weight excluding hydrogens is 346 g/mol. The third-order valence-electron chi connectivity index (χ3n) is 4.17. The summed E-state index contributed by atoms with van der Waals surface area (Å²) in [5.74, 6) is 0.568. The topological polar surface area (TPSA) is 39.8 Å².